The molecule has 0 saturated heterocycles. The molecule has 2 aromatic rings. The van der Waals surface area contributed by atoms with Crippen LogP contribution in [0.3, 0.4) is 0 Å². The SMILES string of the molecule is Cn1cc2c3c(ccnc31)CCC(C(=O)O)=C2. The van der Waals surface area contributed by atoms with Crippen LogP contribution in [0.4, 0.5) is 0 Å². The van der Waals surface area contributed by atoms with Crippen LogP contribution in [0.5, 0.6) is 0 Å². The van der Waals surface area contributed by atoms with Crippen LogP contribution in [0.2, 0.25) is 0 Å². The highest BCUT2D eigenvalue weighted by Crippen LogP contribution is 2.30. The van der Waals surface area contributed by atoms with E-state index < -0.39 is 5.97 Å². The standard InChI is InChI=1S/C13H12N2O2/c1-15-7-10-6-9(13(16)17)3-2-8-4-5-14-12(15)11(8)10/h4-7H,2-3H2,1H3,(H,16,17). The van der Waals surface area contributed by atoms with Crippen molar-refractivity contribution in [2.75, 3.05) is 0 Å². The Morgan fingerprint density at radius 1 is 1.47 bits per heavy atom. The lowest BCUT2D eigenvalue weighted by Crippen LogP contribution is -2.01. The zero-order valence-electron chi connectivity index (χ0n) is 9.47. The summed E-state index contributed by atoms with van der Waals surface area (Å²) in [6.45, 7) is 0. The molecule has 2 aromatic heterocycles. The van der Waals surface area contributed by atoms with Gasteiger partial charge in [0.1, 0.15) is 5.65 Å². The van der Waals surface area contributed by atoms with Crippen LogP contribution in [0, 0.1) is 0 Å². The number of rotatable bonds is 1. The average molecular weight is 228 g/mol. The lowest BCUT2D eigenvalue weighted by molar-refractivity contribution is -0.132. The van der Waals surface area contributed by atoms with E-state index in [1.807, 2.05) is 23.9 Å². The molecule has 3 rings (SSSR count). The Morgan fingerprint density at radius 2 is 2.29 bits per heavy atom. The molecule has 1 aliphatic carbocycles. The average Bonchev–Trinajstić information content (AvgIpc) is 2.51. The van der Waals surface area contributed by atoms with Gasteiger partial charge >= 0.3 is 5.97 Å². The van der Waals surface area contributed by atoms with Crippen LogP contribution >= 0.6 is 0 Å². The Labute approximate surface area is 98.2 Å². The first-order valence-electron chi connectivity index (χ1n) is 5.53. The molecule has 0 aliphatic heterocycles. The zero-order valence-corrected chi connectivity index (χ0v) is 9.47. The van der Waals surface area contributed by atoms with Crippen LogP contribution in [-0.4, -0.2) is 20.6 Å². The van der Waals surface area contributed by atoms with E-state index in [9.17, 15) is 4.79 Å². The largest absolute Gasteiger partial charge is 0.478 e. The fourth-order valence-corrected chi connectivity index (χ4v) is 2.42. The zero-order chi connectivity index (χ0) is 12.0. The van der Waals surface area contributed by atoms with Gasteiger partial charge < -0.3 is 9.67 Å². The maximum Gasteiger partial charge on any atom is 0.331 e. The first-order chi connectivity index (χ1) is 8.16. The number of hydrogen-bond donors (Lipinski definition) is 1. The molecule has 1 N–H and O–H groups in total. The van der Waals surface area contributed by atoms with Gasteiger partial charge in [-0.3, -0.25) is 0 Å². The van der Waals surface area contributed by atoms with E-state index in [2.05, 4.69) is 4.98 Å². The van der Waals surface area contributed by atoms with Gasteiger partial charge in [0.15, 0.2) is 0 Å². The number of hydrogen-bond acceptors (Lipinski definition) is 2. The second kappa shape index (κ2) is 3.45. The predicted octanol–water partition coefficient (Wildman–Crippen LogP) is 1.99. The molecule has 0 bridgehead atoms. The highest BCUT2D eigenvalue weighted by atomic mass is 16.4. The van der Waals surface area contributed by atoms with Gasteiger partial charge in [-0.1, -0.05) is 0 Å². The number of carboxylic acids is 1. The van der Waals surface area contributed by atoms with Crippen LogP contribution < -0.4 is 0 Å². The van der Waals surface area contributed by atoms with Gasteiger partial charge in [-0.05, 0) is 30.5 Å². The Balaban J connectivity index is 2.33. The molecule has 86 valence electrons. The second-order valence-corrected chi connectivity index (χ2v) is 4.34. The van der Waals surface area contributed by atoms with Crippen molar-refractivity contribution in [3.05, 3.63) is 35.2 Å². The Hall–Kier alpha value is -2.10. The third-order valence-electron chi connectivity index (χ3n) is 3.24. The minimum atomic E-state index is -0.831. The first-order valence-corrected chi connectivity index (χ1v) is 5.53. The highest BCUT2D eigenvalue weighted by Gasteiger charge is 2.17. The van der Waals surface area contributed by atoms with E-state index in [0.29, 0.717) is 12.0 Å². The number of aryl methyl sites for hydroxylation is 2. The van der Waals surface area contributed by atoms with E-state index >= 15 is 0 Å². The van der Waals surface area contributed by atoms with Gasteiger partial charge in [-0.25, -0.2) is 9.78 Å². The Bertz CT molecular complexity index is 653. The van der Waals surface area contributed by atoms with Crippen molar-refractivity contribution in [3.63, 3.8) is 0 Å². The lowest BCUT2D eigenvalue weighted by atomic mass is 10.1. The van der Waals surface area contributed by atoms with Crippen molar-refractivity contribution >= 4 is 23.1 Å². The predicted molar refractivity (Wildman–Crippen MR) is 64.6 cm³/mol. The molecule has 0 radical (unpaired) electrons. The molecule has 0 aromatic carbocycles. The fraction of sp³-hybridized carbons (Fsp3) is 0.231. The molecule has 4 heteroatoms. The molecule has 0 fully saturated rings. The van der Waals surface area contributed by atoms with Gasteiger partial charge in [0.05, 0.1) is 0 Å². The summed E-state index contributed by atoms with van der Waals surface area (Å²) in [5.74, 6) is -0.831. The van der Waals surface area contributed by atoms with E-state index in [1.165, 1.54) is 5.56 Å². The molecule has 4 nitrogen and oxygen atoms in total. The molecule has 2 heterocycles. The van der Waals surface area contributed by atoms with Gasteiger partial charge in [0, 0.05) is 36.0 Å². The van der Waals surface area contributed by atoms with Gasteiger partial charge in [0.25, 0.3) is 0 Å². The quantitative estimate of drug-likeness (QED) is 0.812. The van der Waals surface area contributed by atoms with Crippen molar-refractivity contribution in [1.82, 2.24) is 9.55 Å². The van der Waals surface area contributed by atoms with E-state index in [0.717, 1.165) is 23.0 Å². The van der Waals surface area contributed by atoms with E-state index in [4.69, 9.17) is 5.11 Å². The minimum absolute atomic E-state index is 0.466. The summed E-state index contributed by atoms with van der Waals surface area (Å²) in [6, 6.07) is 1.98. The summed E-state index contributed by atoms with van der Waals surface area (Å²) in [4.78, 5) is 15.4. The van der Waals surface area contributed by atoms with Crippen molar-refractivity contribution in [1.29, 1.82) is 0 Å². The highest BCUT2D eigenvalue weighted by molar-refractivity contribution is 5.98. The van der Waals surface area contributed by atoms with Gasteiger partial charge in [0.2, 0.25) is 0 Å². The Morgan fingerprint density at radius 3 is 3.06 bits per heavy atom. The number of carboxylic acid groups (broad SMARTS) is 1. The number of aliphatic carboxylic acids is 1. The van der Waals surface area contributed by atoms with Crippen molar-refractivity contribution in [3.8, 4) is 0 Å². The van der Waals surface area contributed by atoms with Gasteiger partial charge in [-0.2, -0.15) is 0 Å². The van der Waals surface area contributed by atoms with Crippen LogP contribution in [0.1, 0.15) is 17.5 Å². The van der Waals surface area contributed by atoms with Crippen molar-refractivity contribution in [2.45, 2.75) is 12.8 Å². The number of nitrogens with zero attached hydrogens (tertiary/aromatic N) is 2. The molecule has 17 heavy (non-hydrogen) atoms. The molecular formula is C13H12N2O2. The number of aromatic nitrogens is 2. The normalized spacial score (nSPS) is 14.5. The minimum Gasteiger partial charge on any atom is -0.478 e. The monoisotopic (exact) mass is 228 g/mol. The van der Waals surface area contributed by atoms with Crippen molar-refractivity contribution in [2.24, 2.45) is 7.05 Å². The molecule has 0 saturated carbocycles. The first kappa shape index (κ1) is 10.1. The number of pyridine rings is 1. The second-order valence-electron chi connectivity index (χ2n) is 4.34. The molecular weight excluding hydrogens is 216 g/mol. The molecule has 1 aliphatic rings. The summed E-state index contributed by atoms with van der Waals surface area (Å²) in [5, 5.41) is 10.2. The summed E-state index contributed by atoms with van der Waals surface area (Å²) in [5.41, 5.74) is 3.52. The summed E-state index contributed by atoms with van der Waals surface area (Å²) >= 11 is 0. The summed E-state index contributed by atoms with van der Waals surface area (Å²) in [7, 11) is 1.93. The van der Waals surface area contributed by atoms with E-state index in [1.54, 1.807) is 12.3 Å². The van der Waals surface area contributed by atoms with Crippen LogP contribution in [-0.2, 0) is 18.3 Å². The maximum absolute atomic E-state index is 11.1. The third kappa shape index (κ3) is 1.45. The third-order valence-corrected chi connectivity index (χ3v) is 3.24. The lowest BCUT2D eigenvalue weighted by Gasteiger charge is -2.02. The van der Waals surface area contributed by atoms with Crippen molar-refractivity contribution < 1.29 is 9.90 Å². The van der Waals surface area contributed by atoms with E-state index in [-0.39, 0.29) is 0 Å². The number of carbonyl (C=O) groups is 1. The smallest absolute Gasteiger partial charge is 0.331 e. The fourth-order valence-electron chi connectivity index (χ4n) is 2.42. The Kier molecular flexibility index (Phi) is 2.04. The van der Waals surface area contributed by atoms with Crippen LogP contribution in [0.15, 0.2) is 24.0 Å². The molecule has 0 unspecified atom stereocenters. The summed E-state index contributed by atoms with van der Waals surface area (Å²) < 4.78 is 1.94. The molecule has 0 amide bonds. The molecule has 0 spiro atoms. The maximum atomic E-state index is 11.1. The topological polar surface area (TPSA) is 55.1 Å². The molecule has 0 atom stereocenters. The van der Waals surface area contributed by atoms with Crippen LogP contribution in [0.25, 0.3) is 17.1 Å². The van der Waals surface area contributed by atoms with Gasteiger partial charge in [-0.15, -0.1) is 0 Å². The summed E-state index contributed by atoms with van der Waals surface area (Å²) in [6.07, 6.45) is 6.83.